The van der Waals surface area contributed by atoms with Crippen molar-refractivity contribution in [3.8, 4) is 0 Å². The summed E-state index contributed by atoms with van der Waals surface area (Å²) in [6.07, 6.45) is -5.69. The summed E-state index contributed by atoms with van der Waals surface area (Å²) in [6.45, 7) is -1.37. The Balaban J connectivity index is 4.09. The topological polar surface area (TPSA) is 0 Å². The molecule has 0 radical (unpaired) electrons. The second kappa shape index (κ2) is 3.16. The zero-order valence-electron chi connectivity index (χ0n) is 5.25. The maximum absolute atomic E-state index is 12.0. The molecule has 0 spiro atoms. The van der Waals surface area contributed by atoms with Gasteiger partial charge in [-0.2, -0.15) is 0 Å². The maximum atomic E-state index is 12.0. The smallest absolute Gasteiger partial charge is 0.248 e. The molecule has 62 valence electrons. The zero-order valence-corrected chi connectivity index (χ0v) is 5.25. The molecule has 0 fully saturated rings. The molecule has 0 heterocycles. The molecule has 0 bridgehead atoms. The number of hydrogen-bond acceptors (Lipinski definition) is 0. The predicted molar refractivity (Wildman–Crippen MR) is 26.4 cm³/mol. The average molecular weight is 162 g/mol. The fraction of sp³-hybridized carbons (Fsp3) is 1.00. The molecule has 0 saturated carbocycles. The third-order valence-corrected chi connectivity index (χ3v) is 1.08. The van der Waals surface area contributed by atoms with Gasteiger partial charge in [-0.25, -0.2) is 22.0 Å². The van der Waals surface area contributed by atoms with Crippen molar-refractivity contribution in [2.45, 2.75) is 25.2 Å². The van der Waals surface area contributed by atoms with Crippen molar-refractivity contribution in [3.05, 3.63) is 0 Å². The predicted octanol–water partition coefficient (Wildman–Crippen LogP) is 2.29. The SMILES string of the molecule is CC(F)C(F)(F)C(F)CF. The van der Waals surface area contributed by atoms with Crippen LogP contribution in [0.25, 0.3) is 0 Å². The van der Waals surface area contributed by atoms with Crippen LogP contribution in [0, 0.1) is 0 Å². The second-order valence-corrected chi connectivity index (χ2v) is 1.91. The van der Waals surface area contributed by atoms with Gasteiger partial charge in [0.2, 0.25) is 0 Å². The van der Waals surface area contributed by atoms with Gasteiger partial charge in [0.25, 0.3) is 0 Å². The van der Waals surface area contributed by atoms with E-state index in [2.05, 4.69) is 0 Å². The van der Waals surface area contributed by atoms with Crippen LogP contribution in [0.1, 0.15) is 6.92 Å². The van der Waals surface area contributed by atoms with Crippen molar-refractivity contribution in [3.63, 3.8) is 0 Å². The molecule has 0 nitrogen and oxygen atoms in total. The van der Waals surface area contributed by atoms with Crippen LogP contribution in [0.4, 0.5) is 22.0 Å². The maximum Gasteiger partial charge on any atom is 0.311 e. The first-order valence-electron chi connectivity index (χ1n) is 2.64. The highest BCUT2D eigenvalue weighted by molar-refractivity contribution is 4.81. The van der Waals surface area contributed by atoms with Gasteiger partial charge in [-0.05, 0) is 6.92 Å². The molecule has 0 rings (SSSR count). The molecule has 0 aliphatic rings. The number of rotatable bonds is 3. The highest BCUT2D eigenvalue weighted by Crippen LogP contribution is 2.27. The van der Waals surface area contributed by atoms with Crippen LogP contribution >= 0.6 is 0 Å². The van der Waals surface area contributed by atoms with Gasteiger partial charge < -0.3 is 0 Å². The first kappa shape index (κ1) is 9.65. The molecule has 0 aromatic rings. The van der Waals surface area contributed by atoms with Gasteiger partial charge in [0.05, 0.1) is 0 Å². The summed E-state index contributed by atoms with van der Waals surface area (Å²) in [6, 6.07) is 0. The summed E-state index contributed by atoms with van der Waals surface area (Å²) in [5.74, 6) is -4.20. The molecular weight excluding hydrogens is 155 g/mol. The molecule has 0 aliphatic heterocycles. The largest absolute Gasteiger partial charge is 0.311 e. The minimum atomic E-state index is -4.20. The average Bonchev–Trinajstić information content (AvgIpc) is 1.86. The Morgan fingerprint density at radius 3 is 1.80 bits per heavy atom. The van der Waals surface area contributed by atoms with Crippen molar-refractivity contribution in [1.29, 1.82) is 0 Å². The van der Waals surface area contributed by atoms with Crippen LogP contribution < -0.4 is 0 Å². The summed E-state index contributed by atoms with van der Waals surface area (Å²) < 4.78 is 58.7. The first-order chi connectivity index (χ1) is 4.42. The molecule has 2 unspecified atom stereocenters. The quantitative estimate of drug-likeness (QED) is 0.558. The standard InChI is InChI=1S/C5H7F5/c1-3(7)5(9,10)4(8)2-6/h3-4H,2H2,1H3. The fourth-order valence-corrected chi connectivity index (χ4v) is 0.352. The van der Waals surface area contributed by atoms with Crippen molar-refractivity contribution >= 4 is 0 Å². The lowest BCUT2D eigenvalue weighted by atomic mass is 10.1. The lowest BCUT2D eigenvalue weighted by molar-refractivity contribution is -0.126. The molecule has 0 aromatic carbocycles. The van der Waals surface area contributed by atoms with E-state index in [0.717, 1.165) is 0 Å². The third kappa shape index (κ3) is 1.82. The van der Waals surface area contributed by atoms with Crippen LogP contribution in [0.5, 0.6) is 0 Å². The summed E-state index contributed by atoms with van der Waals surface area (Å²) in [5.41, 5.74) is 0. The highest BCUT2D eigenvalue weighted by Gasteiger charge is 2.46. The third-order valence-electron chi connectivity index (χ3n) is 1.08. The van der Waals surface area contributed by atoms with Crippen LogP contribution in [-0.2, 0) is 0 Å². The molecule has 10 heavy (non-hydrogen) atoms. The highest BCUT2D eigenvalue weighted by atomic mass is 19.3. The normalized spacial score (nSPS) is 18.6. The van der Waals surface area contributed by atoms with E-state index in [9.17, 15) is 22.0 Å². The van der Waals surface area contributed by atoms with Gasteiger partial charge >= 0.3 is 5.92 Å². The molecule has 0 amide bonds. The molecule has 2 atom stereocenters. The van der Waals surface area contributed by atoms with E-state index in [4.69, 9.17) is 0 Å². The van der Waals surface area contributed by atoms with E-state index < -0.39 is 24.9 Å². The number of halogens is 5. The van der Waals surface area contributed by atoms with Crippen LogP contribution in [-0.4, -0.2) is 24.9 Å². The van der Waals surface area contributed by atoms with E-state index in [1.165, 1.54) is 0 Å². The lowest BCUT2D eigenvalue weighted by Crippen LogP contribution is -2.39. The first-order valence-corrected chi connectivity index (χ1v) is 2.64. The van der Waals surface area contributed by atoms with E-state index in [-0.39, 0.29) is 0 Å². The van der Waals surface area contributed by atoms with E-state index >= 15 is 0 Å². The Morgan fingerprint density at radius 2 is 1.70 bits per heavy atom. The van der Waals surface area contributed by atoms with Gasteiger partial charge in [0.15, 0.2) is 12.3 Å². The summed E-state index contributed by atoms with van der Waals surface area (Å²) in [5, 5.41) is 0. The Hall–Kier alpha value is -0.350. The monoisotopic (exact) mass is 162 g/mol. The molecule has 0 aliphatic carbocycles. The van der Waals surface area contributed by atoms with Crippen LogP contribution in [0.2, 0.25) is 0 Å². The molecule has 0 N–H and O–H groups in total. The Bertz CT molecular complexity index is 100. The van der Waals surface area contributed by atoms with Crippen molar-refractivity contribution in [1.82, 2.24) is 0 Å². The van der Waals surface area contributed by atoms with Gasteiger partial charge in [0.1, 0.15) is 6.67 Å². The second-order valence-electron chi connectivity index (χ2n) is 1.91. The van der Waals surface area contributed by atoms with E-state index in [0.29, 0.717) is 6.92 Å². The molecule has 0 saturated heterocycles. The summed E-state index contributed by atoms with van der Waals surface area (Å²) in [4.78, 5) is 0. The zero-order chi connectivity index (χ0) is 8.36. The Morgan fingerprint density at radius 1 is 1.30 bits per heavy atom. The van der Waals surface area contributed by atoms with Crippen LogP contribution in [0.3, 0.4) is 0 Å². The lowest BCUT2D eigenvalue weighted by Gasteiger charge is -2.19. The van der Waals surface area contributed by atoms with Crippen molar-refractivity contribution in [2.75, 3.05) is 6.67 Å². The van der Waals surface area contributed by atoms with Gasteiger partial charge in [-0.3, -0.25) is 0 Å². The fourth-order valence-electron chi connectivity index (χ4n) is 0.352. The van der Waals surface area contributed by atoms with Crippen molar-refractivity contribution in [2.24, 2.45) is 0 Å². The summed E-state index contributed by atoms with van der Waals surface area (Å²) >= 11 is 0. The summed E-state index contributed by atoms with van der Waals surface area (Å²) in [7, 11) is 0. The molecular formula is C5H7F5. The van der Waals surface area contributed by atoms with Gasteiger partial charge in [0, 0.05) is 0 Å². The minimum Gasteiger partial charge on any atom is -0.248 e. The van der Waals surface area contributed by atoms with E-state index in [1.54, 1.807) is 0 Å². The Kier molecular flexibility index (Phi) is 3.05. The molecule has 5 heteroatoms. The minimum absolute atomic E-state index is 0.488. The molecule has 0 aromatic heterocycles. The van der Waals surface area contributed by atoms with Crippen LogP contribution in [0.15, 0.2) is 0 Å². The van der Waals surface area contributed by atoms with E-state index in [1.807, 2.05) is 0 Å². The number of hydrogen-bond donors (Lipinski definition) is 0. The van der Waals surface area contributed by atoms with Crippen molar-refractivity contribution < 1.29 is 22.0 Å². The van der Waals surface area contributed by atoms with Gasteiger partial charge in [-0.15, -0.1) is 0 Å². The number of alkyl halides is 5. The Labute approximate surface area is 55.0 Å². The van der Waals surface area contributed by atoms with Gasteiger partial charge in [-0.1, -0.05) is 0 Å².